The van der Waals surface area contributed by atoms with Crippen LogP contribution in [0.4, 0.5) is 0 Å². The minimum atomic E-state index is 0.00677. The fraction of sp³-hybridized carbons (Fsp3) is 0. The van der Waals surface area contributed by atoms with E-state index in [-0.39, 0.29) is 10.9 Å². The van der Waals surface area contributed by atoms with E-state index in [1.54, 1.807) is 0 Å². The molecule has 0 N–H and O–H groups in total. The summed E-state index contributed by atoms with van der Waals surface area (Å²) in [5.41, 5.74) is 0.0216. The zero-order chi connectivity index (χ0) is 17.4. The summed E-state index contributed by atoms with van der Waals surface area (Å²) in [7, 11) is 0. The van der Waals surface area contributed by atoms with Gasteiger partial charge in [0.05, 0.1) is 0 Å². The third-order valence-corrected chi connectivity index (χ3v) is 5.56. The smallest absolute Gasteiger partial charge is 0.194 e. The molecule has 0 atom stereocenters. The lowest BCUT2D eigenvalue weighted by Crippen LogP contribution is -1.96. The first-order valence-corrected chi connectivity index (χ1v) is 8.63. The summed E-state index contributed by atoms with van der Waals surface area (Å²) in [5.74, 6) is 0. The summed E-state index contributed by atoms with van der Waals surface area (Å²) in [6.45, 7) is 0. The lowest BCUT2D eigenvalue weighted by atomic mass is 10.0. The van der Waals surface area contributed by atoms with Crippen molar-refractivity contribution in [3.05, 3.63) is 93.2 Å². The molecule has 0 aromatic heterocycles. The first-order chi connectivity index (χ1) is 12.8. The molecule has 0 aliphatic carbocycles. The van der Waals surface area contributed by atoms with Crippen molar-refractivity contribution in [2.75, 3.05) is 0 Å². The minimum absolute atomic E-state index is 0.00677. The van der Waals surface area contributed by atoms with Gasteiger partial charge in [-0.1, -0.05) is 60.7 Å². The third kappa shape index (κ3) is 1.48. The van der Waals surface area contributed by atoms with Crippen LogP contribution in [0.5, 0.6) is 0 Å². The van der Waals surface area contributed by atoms with Crippen LogP contribution in [0.15, 0.2) is 82.4 Å². The molecule has 0 heterocycles. The molecule has 120 valence electrons. The minimum Gasteiger partial charge on any atom is -0.289 e. The lowest BCUT2D eigenvalue weighted by molar-refractivity contribution is 1.80. The maximum atomic E-state index is 13.2. The molecule has 2 nitrogen and oxygen atoms in total. The van der Waals surface area contributed by atoms with Gasteiger partial charge in [-0.05, 0) is 33.7 Å². The Balaban J connectivity index is 2.07. The Morgan fingerprint density at radius 2 is 1.00 bits per heavy atom. The predicted molar refractivity (Wildman–Crippen MR) is 109 cm³/mol. The van der Waals surface area contributed by atoms with E-state index in [0.717, 1.165) is 37.7 Å². The van der Waals surface area contributed by atoms with Crippen LogP contribution in [0.2, 0.25) is 0 Å². The van der Waals surface area contributed by atoms with Gasteiger partial charge in [0.1, 0.15) is 0 Å². The van der Waals surface area contributed by atoms with Crippen LogP contribution in [-0.2, 0) is 0 Å². The summed E-state index contributed by atoms with van der Waals surface area (Å²) < 4.78 is 0. The zero-order valence-corrected chi connectivity index (χ0v) is 13.7. The van der Waals surface area contributed by atoms with Crippen LogP contribution in [0.25, 0.3) is 53.9 Å². The van der Waals surface area contributed by atoms with Crippen molar-refractivity contribution in [1.82, 2.24) is 0 Å². The van der Waals surface area contributed by atoms with Gasteiger partial charge in [0, 0.05) is 32.3 Å². The van der Waals surface area contributed by atoms with E-state index in [2.05, 4.69) is 0 Å². The van der Waals surface area contributed by atoms with E-state index in [1.807, 2.05) is 72.8 Å². The molecule has 0 spiro atoms. The molecule has 6 rings (SSSR count). The molecule has 0 aliphatic heterocycles. The highest BCUT2D eigenvalue weighted by molar-refractivity contribution is 6.33. The monoisotopic (exact) mass is 332 g/mol. The van der Waals surface area contributed by atoms with Crippen molar-refractivity contribution in [2.24, 2.45) is 0 Å². The van der Waals surface area contributed by atoms with E-state index in [9.17, 15) is 9.59 Å². The predicted octanol–water partition coefficient (Wildman–Crippen LogP) is 5.05. The summed E-state index contributed by atoms with van der Waals surface area (Å²) in [4.78, 5) is 26.2. The Bertz CT molecular complexity index is 1610. The first-order valence-electron chi connectivity index (χ1n) is 8.63. The number of hydrogen-bond acceptors (Lipinski definition) is 2. The van der Waals surface area contributed by atoms with Crippen molar-refractivity contribution in [3.63, 3.8) is 0 Å². The number of rotatable bonds is 0. The molecule has 0 fully saturated rings. The normalized spacial score (nSPS) is 12.2. The van der Waals surface area contributed by atoms with E-state index < -0.39 is 0 Å². The summed E-state index contributed by atoms with van der Waals surface area (Å²) in [6, 6.07) is 23.4. The molecule has 0 bridgehead atoms. The van der Waals surface area contributed by atoms with Crippen molar-refractivity contribution in [2.45, 2.75) is 0 Å². The second kappa shape index (κ2) is 4.55. The molecule has 0 amide bonds. The molecule has 2 heteroatoms. The van der Waals surface area contributed by atoms with Crippen LogP contribution in [-0.4, -0.2) is 0 Å². The van der Waals surface area contributed by atoms with Gasteiger partial charge in [-0.3, -0.25) is 9.59 Å². The highest BCUT2D eigenvalue weighted by Crippen LogP contribution is 2.37. The van der Waals surface area contributed by atoms with Crippen LogP contribution < -0.4 is 10.9 Å². The fourth-order valence-electron chi connectivity index (χ4n) is 4.44. The van der Waals surface area contributed by atoms with Crippen molar-refractivity contribution in [3.8, 4) is 0 Å². The molecule has 0 saturated carbocycles. The van der Waals surface area contributed by atoms with Gasteiger partial charge in [0.25, 0.3) is 0 Å². The molecule has 6 aromatic carbocycles. The third-order valence-electron chi connectivity index (χ3n) is 5.56. The SMILES string of the molecule is O=c1c2ccc3ccccc3c2c2c1ccc1c3ccccc3c(=O)c12. The molecular weight excluding hydrogens is 320 g/mol. The average Bonchev–Trinajstić information content (AvgIpc) is 3.15. The topological polar surface area (TPSA) is 34.1 Å². The van der Waals surface area contributed by atoms with Crippen LogP contribution in [0, 0.1) is 0 Å². The molecule has 0 unspecified atom stereocenters. The highest BCUT2D eigenvalue weighted by Gasteiger charge is 2.19. The summed E-state index contributed by atoms with van der Waals surface area (Å²) in [6.07, 6.45) is 0. The summed E-state index contributed by atoms with van der Waals surface area (Å²) in [5, 5.41) is 8.41. The van der Waals surface area contributed by atoms with Gasteiger partial charge in [-0.15, -0.1) is 0 Å². The van der Waals surface area contributed by atoms with Crippen LogP contribution in [0.1, 0.15) is 0 Å². The molecular formula is C24H12O2. The van der Waals surface area contributed by atoms with E-state index in [4.69, 9.17) is 0 Å². The molecule has 26 heavy (non-hydrogen) atoms. The van der Waals surface area contributed by atoms with Gasteiger partial charge in [-0.2, -0.15) is 0 Å². The number of hydrogen-bond donors (Lipinski definition) is 0. The van der Waals surface area contributed by atoms with Crippen molar-refractivity contribution < 1.29 is 0 Å². The zero-order valence-electron chi connectivity index (χ0n) is 13.7. The van der Waals surface area contributed by atoms with Crippen LogP contribution >= 0.6 is 0 Å². The van der Waals surface area contributed by atoms with E-state index in [0.29, 0.717) is 16.2 Å². The Kier molecular flexibility index (Phi) is 2.41. The van der Waals surface area contributed by atoms with Gasteiger partial charge in [0.2, 0.25) is 0 Å². The Morgan fingerprint density at radius 1 is 0.385 bits per heavy atom. The quantitative estimate of drug-likeness (QED) is 0.390. The van der Waals surface area contributed by atoms with Crippen molar-refractivity contribution in [1.29, 1.82) is 0 Å². The Labute approximate surface area is 147 Å². The average molecular weight is 332 g/mol. The van der Waals surface area contributed by atoms with Crippen molar-refractivity contribution >= 4 is 53.9 Å². The molecule has 0 radical (unpaired) electrons. The molecule has 0 aliphatic rings. The Morgan fingerprint density at radius 3 is 1.85 bits per heavy atom. The second-order valence-corrected chi connectivity index (χ2v) is 6.82. The van der Waals surface area contributed by atoms with E-state index in [1.165, 1.54) is 0 Å². The van der Waals surface area contributed by atoms with Gasteiger partial charge in [0.15, 0.2) is 10.9 Å². The standard InChI is InChI=1S/C24H12O2/c25-23-18-10-9-13-5-1-2-6-14(13)20(18)21-19(23)12-11-16-15-7-3-4-8-17(15)24(26)22(16)21/h1-12H. The maximum Gasteiger partial charge on any atom is 0.194 e. The molecule has 0 saturated heterocycles. The van der Waals surface area contributed by atoms with Gasteiger partial charge in [-0.25, -0.2) is 0 Å². The Hall–Kier alpha value is -3.52. The highest BCUT2D eigenvalue weighted by atomic mass is 16.1. The first kappa shape index (κ1) is 13.7. The van der Waals surface area contributed by atoms with Crippen LogP contribution in [0.3, 0.4) is 0 Å². The van der Waals surface area contributed by atoms with E-state index >= 15 is 0 Å². The second-order valence-electron chi connectivity index (χ2n) is 6.82. The molecule has 6 aromatic rings. The van der Waals surface area contributed by atoms with Gasteiger partial charge < -0.3 is 0 Å². The maximum absolute atomic E-state index is 13.2. The lowest BCUT2D eigenvalue weighted by Gasteiger charge is -2.01. The fourth-order valence-corrected chi connectivity index (χ4v) is 4.44. The number of fused-ring (bicyclic) bond motifs is 9. The number of benzene rings is 4. The van der Waals surface area contributed by atoms with Gasteiger partial charge >= 0.3 is 0 Å². The summed E-state index contributed by atoms with van der Waals surface area (Å²) >= 11 is 0. The largest absolute Gasteiger partial charge is 0.289 e.